The predicted molar refractivity (Wildman–Crippen MR) is 82.2 cm³/mol. The van der Waals surface area contributed by atoms with E-state index in [0.717, 1.165) is 0 Å². The fourth-order valence-electron chi connectivity index (χ4n) is 1.73. The average Bonchev–Trinajstić information content (AvgIpc) is 2.47. The number of benzene rings is 1. The summed E-state index contributed by atoms with van der Waals surface area (Å²) in [6.07, 6.45) is 0.297. The van der Waals surface area contributed by atoms with Gasteiger partial charge in [-0.3, -0.25) is 9.59 Å². The zero-order chi connectivity index (χ0) is 15.7. The van der Waals surface area contributed by atoms with E-state index < -0.39 is 0 Å². The number of hydrogen-bond acceptors (Lipinski definition) is 5. The van der Waals surface area contributed by atoms with E-state index in [1.165, 1.54) is 0 Å². The maximum Gasteiger partial charge on any atom is 0.253 e. The summed E-state index contributed by atoms with van der Waals surface area (Å²) in [5, 5.41) is 8.34. The molecule has 21 heavy (non-hydrogen) atoms. The largest absolute Gasteiger partial charge is 0.399 e. The highest BCUT2D eigenvalue weighted by Crippen LogP contribution is 2.19. The molecule has 0 spiro atoms. The van der Waals surface area contributed by atoms with Gasteiger partial charge in [-0.1, -0.05) is 0 Å². The molecule has 0 aliphatic heterocycles. The summed E-state index contributed by atoms with van der Waals surface area (Å²) in [6.45, 7) is 1.37. The molecule has 0 saturated heterocycles. The van der Waals surface area contributed by atoms with Crippen molar-refractivity contribution in [2.24, 2.45) is 0 Å². The molecule has 0 heterocycles. The maximum atomic E-state index is 11.7. The van der Waals surface area contributed by atoms with Gasteiger partial charge in [0.05, 0.1) is 12.2 Å². The van der Waals surface area contributed by atoms with Crippen LogP contribution in [0.4, 0.5) is 11.4 Å². The van der Waals surface area contributed by atoms with Crippen LogP contribution in [0.3, 0.4) is 0 Å². The number of carbonyl (C=O) groups is 2. The normalized spacial score (nSPS) is 10.0. The standard InChI is InChI=1S/C14H22N4O3/c1-16-14(20)11-4-3-10(15)9-12(11)17-6-5-13(19)18-7-8-21-2/h3-4,9,17H,5-8,15H2,1-2H3,(H,16,20)(H,18,19). The second-order valence-electron chi connectivity index (χ2n) is 4.40. The Hall–Kier alpha value is -2.28. The molecule has 1 rings (SSSR count). The highest BCUT2D eigenvalue weighted by molar-refractivity contribution is 6.00. The molecule has 7 nitrogen and oxygen atoms in total. The summed E-state index contributed by atoms with van der Waals surface area (Å²) in [5.41, 5.74) is 7.37. The van der Waals surface area contributed by atoms with Gasteiger partial charge >= 0.3 is 0 Å². The van der Waals surface area contributed by atoms with E-state index >= 15 is 0 Å². The van der Waals surface area contributed by atoms with Crippen molar-refractivity contribution in [1.29, 1.82) is 0 Å². The monoisotopic (exact) mass is 294 g/mol. The Morgan fingerprint density at radius 2 is 2.05 bits per heavy atom. The average molecular weight is 294 g/mol. The number of nitrogen functional groups attached to an aromatic ring is 1. The Morgan fingerprint density at radius 3 is 2.71 bits per heavy atom. The molecule has 0 aromatic heterocycles. The molecule has 0 saturated carbocycles. The van der Waals surface area contributed by atoms with Gasteiger partial charge in [-0.15, -0.1) is 0 Å². The lowest BCUT2D eigenvalue weighted by Gasteiger charge is -2.12. The number of rotatable bonds is 8. The van der Waals surface area contributed by atoms with Crippen LogP contribution in [0.5, 0.6) is 0 Å². The van der Waals surface area contributed by atoms with Crippen molar-refractivity contribution >= 4 is 23.2 Å². The predicted octanol–water partition coefficient (Wildman–Crippen LogP) is 0.193. The van der Waals surface area contributed by atoms with Gasteiger partial charge in [0.15, 0.2) is 0 Å². The van der Waals surface area contributed by atoms with E-state index in [-0.39, 0.29) is 11.8 Å². The number of anilines is 2. The van der Waals surface area contributed by atoms with Gasteiger partial charge in [-0.05, 0) is 18.2 Å². The number of carbonyl (C=O) groups excluding carboxylic acids is 2. The van der Waals surface area contributed by atoms with Crippen LogP contribution >= 0.6 is 0 Å². The van der Waals surface area contributed by atoms with Crippen LogP contribution in [-0.2, 0) is 9.53 Å². The fourth-order valence-corrected chi connectivity index (χ4v) is 1.73. The second kappa shape index (κ2) is 8.80. The topological polar surface area (TPSA) is 105 Å². The van der Waals surface area contributed by atoms with Crippen LogP contribution in [0.2, 0.25) is 0 Å². The number of nitrogens with two attached hydrogens (primary N) is 1. The molecule has 0 bridgehead atoms. The molecule has 116 valence electrons. The van der Waals surface area contributed by atoms with E-state index in [1.54, 1.807) is 32.4 Å². The molecule has 5 N–H and O–H groups in total. The van der Waals surface area contributed by atoms with E-state index in [0.29, 0.717) is 43.1 Å². The van der Waals surface area contributed by atoms with Crippen LogP contribution in [0.25, 0.3) is 0 Å². The third kappa shape index (κ3) is 5.70. The summed E-state index contributed by atoms with van der Waals surface area (Å²) in [7, 11) is 3.14. The highest BCUT2D eigenvalue weighted by atomic mass is 16.5. The number of amides is 2. The summed E-state index contributed by atoms with van der Waals surface area (Å²) < 4.78 is 4.84. The lowest BCUT2D eigenvalue weighted by atomic mass is 10.1. The van der Waals surface area contributed by atoms with Crippen molar-refractivity contribution in [2.75, 3.05) is 44.9 Å². The molecule has 1 aromatic carbocycles. The first kappa shape index (κ1) is 16.8. The Bertz CT molecular complexity index is 491. The second-order valence-corrected chi connectivity index (χ2v) is 4.40. The lowest BCUT2D eigenvalue weighted by molar-refractivity contribution is -0.121. The Labute approximate surface area is 124 Å². The Kier molecular flexibility index (Phi) is 7.03. The van der Waals surface area contributed by atoms with E-state index in [9.17, 15) is 9.59 Å². The van der Waals surface area contributed by atoms with Crippen LogP contribution in [0, 0.1) is 0 Å². The lowest BCUT2D eigenvalue weighted by Crippen LogP contribution is -2.28. The molecule has 7 heteroatoms. The van der Waals surface area contributed by atoms with Crippen LogP contribution < -0.4 is 21.7 Å². The minimum absolute atomic E-state index is 0.0788. The minimum Gasteiger partial charge on any atom is -0.399 e. The van der Waals surface area contributed by atoms with Crippen LogP contribution in [0.1, 0.15) is 16.8 Å². The first-order chi connectivity index (χ1) is 10.1. The van der Waals surface area contributed by atoms with Crippen molar-refractivity contribution in [3.05, 3.63) is 23.8 Å². The third-order valence-electron chi connectivity index (χ3n) is 2.81. The summed E-state index contributed by atoms with van der Waals surface area (Å²) in [6, 6.07) is 4.98. The molecule has 0 aliphatic carbocycles. The molecule has 0 aliphatic rings. The summed E-state index contributed by atoms with van der Waals surface area (Å²) in [4.78, 5) is 23.3. The first-order valence-corrected chi connectivity index (χ1v) is 6.69. The molecular formula is C14H22N4O3. The number of nitrogens with one attached hydrogen (secondary N) is 3. The van der Waals surface area contributed by atoms with Gasteiger partial charge in [-0.25, -0.2) is 0 Å². The fraction of sp³-hybridized carbons (Fsp3) is 0.429. The number of ether oxygens (including phenoxy) is 1. The molecule has 0 unspecified atom stereocenters. The molecule has 0 radical (unpaired) electrons. The zero-order valence-corrected chi connectivity index (χ0v) is 12.4. The summed E-state index contributed by atoms with van der Waals surface area (Å²) >= 11 is 0. The van der Waals surface area contributed by atoms with Gasteiger partial charge in [0.2, 0.25) is 5.91 Å². The van der Waals surface area contributed by atoms with Crippen molar-refractivity contribution < 1.29 is 14.3 Å². The number of hydrogen-bond donors (Lipinski definition) is 4. The number of methoxy groups -OCH3 is 1. The SMILES string of the molecule is CNC(=O)c1ccc(N)cc1NCCC(=O)NCCOC. The van der Waals surface area contributed by atoms with Crippen molar-refractivity contribution in [2.45, 2.75) is 6.42 Å². The highest BCUT2D eigenvalue weighted by Gasteiger charge is 2.10. The van der Waals surface area contributed by atoms with Crippen LogP contribution in [-0.4, -0.2) is 45.7 Å². The first-order valence-electron chi connectivity index (χ1n) is 6.69. The van der Waals surface area contributed by atoms with Gasteiger partial charge < -0.3 is 26.4 Å². The quantitative estimate of drug-likeness (QED) is 0.405. The van der Waals surface area contributed by atoms with Crippen molar-refractivity contribution in [3.63, 3.8) is 0 Å². The Morgan fingerprint density at radius 1 is 1.29 bits per heavy atom. The van der Waals surface area contributed by atoms with E-state index in [4.69, 9.17) is 10.5 Å². The summed E-state index contributed by atoms with van der Waals surface area (Å²) in [5.74, 6) is -0.285. The molecule has 0 fully saturated rings. The molecule has 1 aromatic rings. The van der Waals surface area contributed by atoms with Crippen LogP contribution in [0.15, 0.2) is 18.2 Å². The maximum absolute atomic E-state index is 11.7. The third-order valence-corrected chi connectivity index (χ3v) is 2.81. The Balaban J connectivity index is 2.53. The van der Waals surface area contributed by atoms with Gasteiger partial charge in [-0.2, -0.15) is 0 Å². The molecular weight excluding hydrogens is 272 g/mol. The zero-order valence-electron chi connectivity index (χ0n) is 12.4. The van der Waals surface area contributed by atoms with Gasteiger partial charge in [0, 0.05) is 45.0 Å². The minimum atomic E-state index is -0.206. The molecule has 2 amide bonds. The van der Waals surface area contributed by atoms with E-state index in [1.807, 2.05) is 0 Å². The van der Waals surface area contributed by atoms with Crippen molar-refractivity contribution in [3.8, 4) is 0 Å². The van der Waals surface area contributed by atoms with Gasteiger partial charge in [0.25, 0.3) is 5.91 Å². The van der Waals surface area contributed by atoms with Gasteiger partial charge in [0.1, 0.15) is 0 Å². The van der Waals surface area contributed by atoms with E-state index in [2.05, 4.69) is 16.0 Å². The van der Waals surface area contributed by atoms with Crippen molar-refractivity contribution in [1.82, 2.24) is 10.6 Å². The smallest absolute Gasteiger partial charge is 0.253 e. The molecule has 0 atom stereocenters.